The summed E-state index contributed by atoms with van der Waals surface area (Å²) in [5, 5.41) is 15.0. The third-order valence-corrected chi connectivity index (χ3v) is 4.89. The molecule has 2 aliphatic rings. The van der Waals surface area contributed by atoms with Crippen LogP contribution < -0.4 is 19.5 Å². The molecule has 0 saturated carbocycles. The number of nitro groups is 1. The number of rotatable bonds is 5. The summed E-state index contributed by atoms with van der Waals surface area (Å²) in [4.78, 5) is 36.7. The Morgan fingerprint density at radius 2 is 1.67 bits per heavy atom. The Bertz CT molecular complexity index is 972. The van der Waals surface area contributed by atoms with Crippen molar-refractivity contribution < 1.29 is 38.2 Å². The van der Waals surface area contributed by atoms with Gasteiger partial charge in [0.1, 0.15) is 0 Å². The monoisotopic (exact) mass is 420 g/mol. The number of ether oxygens (including phenoxy) is 5. The predicted molar refractivity (Wildman–Crippen MR) is 101 cm³/mol. The highest BCUT2D eigenvalue weighted by Gasteiger charge is 2.44. The van der Waals surface area contributed by atoms with Crippen LogP contribution in [0.3, 0.4) is 0 Å². The molecule has 0 spiro atoms. The first-order chi connectivity index (χ1) is 14.3. The normalized spacial score (nSPS) is 15.6. The zero-order valence-electron chi connectivity index (χ0n) is 17.0. The van der Waals surface area contributed by atoms with Crippen LogP contribution in [0.2, 0.25) is 0 Å². The summed E-state index contributed by atoms with van der Waals surface area (Å²) in [6.07, 6.45) is 0. The summed E-state index contributed by atoms with van der Waals surface area (Å²) >= 11 is 0. The molecule has 1 N–H and O–H groups in total. The molecule has 0 atom stereocenters. The SMILES string of the molecule is COC(=O)C1=C(C)NC(C)=C(C(=O)OC)C1c1cc2c(c(OC)c1[N+](=O)[O-])OCO2. The second-order valence-corrected chi connectivity index (χ2v) is 6.46. The molecule has 30 heavy (non-hydrogen) atoms. The number of nitrogens with one attached hydrogen (secondary N) is 1. The highest BCUT2D eigenvalue weighted by molar-refractivity contribution is 6.00. The maximum atomic E-state index is 12.6. The van der Waals surface area contributed by atoms with E-state index in [9.17, 15) is 19.7 Å². The van der Waals surface area contributed by atoms with E-state index in [0.717, 1.165) is 0 Å². The largest absolute Gasteiger partial charge is 0.487 e. The van der Waals surface area contributed by atoms with Crippen molar-refractivity contribution >= 4 is 17.6 Å². The Labute approximate surface area is 171 Å². The summed E-state index contributed by atoms with van der Waals surface area (Å²) in [6, 6.07) is 1.37. The van der Waals surface area contributed by atoms with Crippen molar-refractivity contribution in [2.45, 2.75) is 19.8 Å². The van der Waals surface area contributed by atoms with Gasteiger partial charge >= 0.3 is 17.6 Å². The van der Waals surface area contributed by atoms with Gasteiger partial charge in [-0.15, -0.1) is 0 Å². The lowest BCUT2D eigenvalue weighted by atomic mass is 9.79. The lowest BCUT2D eigenvalue weighted by Gasteiger charge is -2.30. The molecule has 0 saturated heterocycles. The van der Waals surface area contributed by atoms with Gasteiger partial charge in [0, 0.05) is 11.4 Å². The van der Waals surface area contributed by atoms with Crippen molar-refractivity contribution in [3.8, 4) is 17.2 Å². The van der Waals surface area contributed by atoms with Crippen LogP contribution >= 0.6 is 0 Å². The molecule has 0 aliphatic carbocycles. The smallest absolute Gasteiger partial charge is 0.336 e. The number of nitrogens with zero attached hydrogens (tertiary/aromatic N) is 1. The van der Waals surface area contributed by atoms with E-state index < -0.39 is 28.5 Å². The number of dihydropyridines is 1. The van der Waals surface area contributed by atoms with Crippen LogP contribution in [0, 0.1) is 10.1 Å². The fourth-order valence-electron chi connectivity index (χ4n) is 3.69. The topological polar surface area (TPSA) is 135 Å². The van der Waals surface area contributed by atoms with Crippen molar-refractivity contribution in [3.05, 3.63) is 44.3 Å². The summed E-state index contributed by atoms with van der Waals surface area (Å²) in [7, 11) is 3.61. The minimum absolute atomic E-state index is 0.00194. The molecule has 11 nitrogen and oxygen atoms in total. The number of fused-ring (bicyclic) bond motifs is 1. The summed E-state index contributed by atoms with van der Waals surface area (Å²) in [6.45, 7) is 3.05. The minimum Gasteiger partial charge on any atom is -0.487 e. The van der Waals surface area contributed by atoms with Crippen molar-refractivity contribution in [2.24, 2.45) is 0 Å². The summed E-state index contributed by atoms with van der Waals surface area (Å²) < 4.78 is 25.7. The Morgan fingerprint density at radius 1 is 1.10 bits per heavy atom. The molecular weight excluding hydrogens is 400 g/mol. The second-order valence-electron chi connectivity index (χ2n) is 6.46. The van der Waals surface area contributed by atoms with Crippen LogP contribution in [0.25, 0.3) is 0 Å². The lowest BCUT2D eigenvalue weighted by molar-refractivity contribution is -0.386. The first-order valence-corrected chi connectivity index (χ1v) is 8.76. The van der Waals surface area contributed by atoms with Crippen LogP contribution in [0.1, 0.15) is 25.3 Å². The van der Waals surface area contributed by atoms with E-state index in [0.29, 0.717) is 11.4 Å². The molecule has 1 aromatic rings. The summed E-state index contributed by atoms with van der Waals surface area (Å²) in [5.74, 6) is -2.60. The van der Waals surface area contributed by atoms with E-state index in [4.69, 9.17) is 23.7 Å². The Morgan fingerprint density at radius 3 is 2.13 bits per heavy atom. The van der Waals surface area contributed by atoms with Gasteiger partial charge in [0.2, 0.25) is 18.3 Å². The van der Waals surface area contributed by atoms with Gasteiger partial charge in [-0.2, -0.15) is 0 Å². The van der Waals surface area contributed by atoms with Gasteiger partial charge < -0.3 is 29.0 Å². The Hall–Kier alpha value is -3.76. The van der Waals surface area contributed by atoms with Gasteiger partial charge in [-0.05, 0) is 19.9 Å². The lowest BCUT2D eigenvalue weighted by Crippen LogP contribution is -2.32. The van der Waals surface area contributed by atoms with E-state index in [1.165, 1.54) is 27.4 Å². The molecule has 2 heterocycles. The average molecular weight is 420 g/mol. The molecule has 3 rings (SSSR count). The molecule has 0 radical (unpaired) electrons. The Balaban J connectivity index is 2.41. The highest BCUT2D eigenvalue weighted by atomic mass is 16.7. The maximum Gasteiger partial charge on any atom is 0.336 e. The Kier molecular flexibility index (Phi) is 5.54. The van der Waals surface area contributed by atoms with Crippen molar-refractivity contribution in [3.63, 3.8) is 0 Å². The number of allylic oxidation sites excluding steroid dienone is 2. The third-order valence-electron chi connectivity index (χ3n) is 4.89. The highest BCUT2D eigenvalue weighted by Crippen LogP contribution is 2.53. The number of esters is 2. The number of hydrogen-bond donors (Lipinski definition) is 1. The van der Waals surface area contributed by atoms with Crippen molar-refractivity contribution in [1.82, 2.24) is 5.32 Å². The number of methoxy groups -OCH3 is 3. The number of carbonyl (C=O) groups is 2. The van der Waals surface area contributed by atoms with Crippen molar-refractivity contribution in [1.29, 1.82) is 0 Å². The standard InChI is InChI=1S/C19H20N2O9/c1-8-12(18(22)27-4)14(13(9(2)20-8)19(23)28-5)10-6-11-16(30-7-29-11)17(26-3)15(10)21(24)25/h6,14,20H,7H2,1-5H3. The quantitative estimate of drug-likeness (QED) is 0.427. The first kappa shape index (κ1) is 21.0. The number of nitro benzene ring substituents is 1. The molecule has 160 valence electrons. The van der Waals surface area contributed by atoms with Gasteiger partial charge in [-0.3, -0.25) is 10.1 Å². The van der Waals surface area contributed by atoms with E-state index in [1.807, 2.05) is 0 Å². The maximum absolute atomic E-state index is 12.6. The molecular formula is C19H20N2O9. The molecule has 0 aromatic heterocycles. The van der Waals surface area contributed by atoms with Crippen molar-refractivity contribution in [2.75, 3.05) is 28.1 Å². The molecule has 0 unspecified atom stereocenters. The third kappa shape index (κ3) is 3.17. The minimum atomic E-state index is -1.17. The van der Waals surface area contributed by atoms with Crippen LogP contribution in [-0.2, 0) is 19.1 Å². The molecule has 0 fully saturated rings. The zero-order chi connectivity index (χ0) is 22.2. The molecule has 1 aromatic carbocycles. The predicted octanol–water partition coefficient (Wildman–Crippen LogP) is 1.91. The number of hydrogen-bond acceptors (Lipinski definition) is 10. The van der Waals surface area contributed by atoms with Crippen LogP contribution in [0.15, 0.2) is 28.6 Å². The molecule has 0 bridgehead atoms. The zero-order valence-corrected chi connectivity index (χ0v) is 17.0. The number of carbonyl (C=O) groups excluding carboxylic acids is 2. The van der Waals surface area contributed by atoms with Gasteiger partial charge in [0.05, 0.1) is 48.9 Å². The fourth-order valence-corrected chi connectivity index (χ4v) is 3.69. The van der Waals surface area contributed by atoms with E-state index in [-0.39, 0.29) is 40.8 Å². The van der Waals surface area contributed by atoms with Gasteiger partial charge in [-0.25, -0.2) is 9.59 Å². The van der Waals surface area contributed by atoms with Crippen LogP contribution in [0.5, 0.6) is 17.2 Å². The first-order valence-electron chi connectivity index (χ1n) is 8.76. The average Bonchev–Trinajstić information content (AvgIpc) is 3.18. The van der Waals surface area contributed by atoms with Gasteiger partial charge in [0.15, 0.2) is 5.75 Å². The van der Waals surface area contributed by atoms with E-state index >= 15 is 0 Å². The molecule has 11 heteroatoms. The van der Waals surface area contributed by atoms with Crippen LogP contribution in [-0.4, -0.2) is 45.0 Å². The fraction of sp³-hybridized carbons (Fsp3) is 0.368. The molecule has 0 amide bonds. The van der Waals surface area contributed by atoms with Gasteiger partial charge in [-0.1, -0.05) is 0 Å². The van der Waals surface area contributed by atoms with Crippen LogP contribution in [0.4, 0.5) is 5.69 Å². The summed E-state index contributed by atoms with van der Waals surface area (Å²) in [5.41, 5.74) is 0.338. The van der Waals surface area contributed by atoms with E-state index in [2.05, 4.69) is 5.32 Å². The van der Waals surface area contributed by atoms with Gasteiger partial charge in [0.25, 0.3) is 0 Å². The van der Waals surface area contributed by atoms with E-state index in [1.54, 1.807) is 13.8 Å². The molecule has 2 aliphatic heterocycles. The number of benzene rings is 1. The second kappa shape index (κ2) is 7.93.